The van der Waals surface area contributed by atoms with E-state index in [2.05, 4.69) is 0 Å². The van der Waals surface area contributed by atoms with Gasteiger partial charge < -0.3 is 9.84 Å². The SMILES string of the molecule is CC(C)Oc1ccc(CCCCO)cc1Cl. The van der Waals surface area contributed by atoms with E-state index in [1.807, 2.05) is 32.0 Å². The minimum atomic E-state index is 0.137. The van der Waals surface area contributed by atoms with Gasteiger partial charge in [-0.3, -0.25) is 0 Å². The quantitative estimate of drug-likeness (QED) is 0.775. The van der Waals surface area contributed by atoms with Crippen LogP contribution in [0.2, 0.25) is 5.02 Å². The monoisotopic (exact) mass is 242 g/mol. The number of rotatable bonds is 6. The van der Waals surface area contributed by atoms with Crippen LogP contribution < -0.4 is 4.74 Å². The Labute approximate surface area is 102 Å². The molecular formula is C13H19ClO2. The number of hydrogen-bond donors (Lipinski definition) is 1. The molecule has 0 aliphatic heterocycles. The van der Waals surface area contributed by atoms with Crippen LogP contribution in [0.3, 0.4) is 0 Å². The predicted octanol–water partition coefficient (Wildman–Crippen LogP) is 3.44. The minimum Gasteiger partial charge on any atom is -0.489 e. The summed E-state index contributed by atoms with van der Waals surface area (Å²) >= 11 is 6.11. The molecule has 0 aromatic heterocycles. The maximum absolute atomic E-state index is 8.70. The Morgan fingerprint density at radius 3 is 2.62 bits per heavy atom. The fourth-order valence-corrected chi connectivity index (χ4v) is 1.74. The summed E-state index contributed by atoms with van der Waals surface area (Å²) in [5.74, 6) is 0.738. The van der Waals surface area contributed by atoms with E-state index in [1.54, 1.807) is 0 Å². The van der Waals surface area contributed by atoms with Crippen LogP contribution in [-0.2, 0) is 6.42 Å². The molecule has 1 N–H and O–H groups in total. The first-order valence-corrected chi connectivity index (χ1v) is 6.07. The molecule has 0 radical (unpaired) electrons. The molecule has 0 fully saturated rings. The van der Waals surface area contributed by atoms with Crippen LogP contribution in [0, 0.1) is 0 Å². The zero-order valence-electron chi connectivity index (χ0n) is 9.87. The maximum atomic E-state index is 8.70. The fraction of sp³-hybridized carbons (Fsp3) is 0.538. The molecule has 0 atom stereocenters. The van der Waals surface area contributed by atoms with E-state index in [-0.39, 0.29) is 12.7 Å². The van der Waals surface area contributed by atoms with E-state index in [0.717, 1.165) is 25.0 Å². The molecule has 0 spiro atoms. The van der Waals surface area contributed by atoms with Gasteiger partial charge in [-0.2, -0.15) is 0 Å². The number of benzene rings is 1. The summed E-state index contributed by atoms with van der Waals surface area (Å²) in [5, 5.41) is 9.36. The Bertz CT molecular complexity index is 324. The van der Waals surface area contributed by atoms with Gasteiger partial charge in [0.1, 0.15) is 5.75 Å². The molecule has 1 aromatic rings. The second-order valence-corrected chi connectivity index (χ2v) is 4.52. The Hall–Kier alpha value is -0.730. The van der Waals surface area contributed by atoms with Crippen molar-refractivity contribution in [2.45, 2.75) is 39.2 Å². The molecule has 0 saturated carbocycles. The first-order valence-electron chi connectivity index (χ1n) is 5.69. The molecule has 1 rings (SSSR count). The predicted molar refractivity (Wildman–Crippen MR) is 67.2 cm³/mol. The molecule has 0 heterocycles. The highest BCUT2D eigenvalue weighted by atomic mass is 35.5. The molecule has 0 bridgehead atoms. The van der Waals surface area contributed by atoms with Crippen LogP contribution in [-0.4, -0.2) is 17.8 Å². The van der Waals surface area contributed by atoms with Crippen molar-refractivity contribution in [2.24, 2.45) is 0 Å². The highest BCUT2D eigenvalue weighted by Gasteiger charge is 2.04. The third-order valence-corrected chi connectivity index (χ3v) is 2.53. The first kappa shape index (κ1) is 13.3. The molecule has 90 valence electrons. The summed E-state index contributed by atoms with van der Waals surface area (Å²) in [6.45, 7) is 4.21. The number of hydrogen-bond acceptors (Lipinski definition) is 2. The number of aryl methyl sites for hydroxylation is 1. The van der Waals surface area contributed by atoms with Crippen LogP contribution in [0.25, 0.3) is 0 Å². The Kier molecular flexibility index (Phi) is 5.64. The topological polar surface area (TPSA) is 29.5 Å². The summed E-state index contributed by atoms with van der Waals surface area (Å²) < 4.78 is 5.55. The standard InChI is InChI=1S/C13H19ClO2/c1-10(2)16-13-7-6-11(9-12(13)14)5-3-4-8-15/h6-7,9-10,15H,3-5,8H2,1-2H3. The number of halogens is 1. The first-order chi connectivity index (χ1) is 7.63. The van der Waals surface area contributed by atoms with Crippen LogP contribution in [0.4, 0.5) is 0 Å². The fourth-order valence-electron chi connectivity index (χ4n) is 1.49. The highest BCUT2D eigenvalue weighted by molar-refractivity contribution is 6.32. The van der Waals surface area contributed by atoms with Gasteiger partial charge in [-0.1, -0.05) is 17.7 Å². The Morgan fingerprint density at radius 2 is 2.06 bits per heavy atom. The highest BCUT2D eigenvalue weighted by Crippen LogP contribution is 2.26. The van der Waals surface area contributed by atoms with Gasteiger partial charge in [0.05, 0.1) is 11.1 Å². The molecule has 0 amide bonds. The lowest BCUT2D eigenvalue weighted by molar-refractivity contribution is 0.242. The van der Waals surface area contributed by atoms with Crippen LogP contribution in [0.1, 0.15) is 32.3 Å². The van der Waals surface area contributed by atoms with Crippen molar-refractivity contribution in [2.75, 3.05) is 6.61 Å². The van der Waals surface area contributed by atoms with Crippen molar-refractivity contribution in [3.05, 3.63) is 28.8 Å². The third-order valence-electron chi connectivity index (χ3n) is 2.23. The molecule has 16 heavy (non-hydrogen) atoms. The van der Waals surface area contributed by atoms with E-state index in [9.17, 15) is 0 Å². The molecule has 1 aromatic carbocycles. The third kappa shape index (κ3) is 4.42. The van der Waals surface area contributed by atoms with E-state index in [1.165, 1.54) is 5.56 Å². The Morgan fingerprint density at radius 1 is 1.31 bits per heavy atom. The lowest BCUT2D eigenvalue weighted by Crippen LogP contribution is -2.06. The molecule has 3 heteroatoms. The van der Waals surface area contributed by atoms with E-state index < -0.39 is 0 Å². The molecule has 0 aliphatic rings. The van der Waals surface area contributed by atoms with E-state index in [4.69, 9.17) is 21.4 Å². The summed E-state index contributed by atoms with van der Waals surface area (Å²) in [6.07, 6.45) is 2.90. The normalized spacial score (nSPS) is 10.8. The van der Waals surface area contributed by atoms with Gasteiger partial charge in [-0.15, -0.1) is 0 Å². The number of ether oxygens (including phenoxy) is 1. The smallest absolute Gasteiger partial charge is 0.138 e. The minimum absolute atomic E-state index is 0.137. The summed E-state index contributed by atoms with van der Waals surface area (Å²) in [7, 11) is 0. The van der Waals surface area contributed by atoms with Crippen molar-refractivity contribution in [3.8, 4) is 5.75 Å². The molecule has 2 nitrogen and oxygen atoms in total. The van der Waals surface area contributed by atoms with Gasteiger partial charge in [0, 0.05) is 6.61 Å². The lowest BCUT2D eigenvalue weighted by atomic mass is 10.1. The van der Waals surface area contributed by atoms with Crippen molar-refractivity contribution in [3.63, 3.8) is 0 Å². The second kappa shape index (κ2) is 6.77. The van der Waals surface area contributed by atoms with Gasteiger partial charge >= 0.3 is 0 Å². The zero-order chi connectivity index (χ0) is 12.0. The summed E-state index contributed by atoms with van der Waals surface area (Å²) in [4.78, 5) is 0. The van der Waals surface area contributed by atoms with Gasteiger partial charge in [-0.25, -0.2) is 0 Å². The van der Waals surface area contributed by atoms with Crippen molar-refractivity contribution < 1.29 is 9.84 Å². The number of aliphatic hydroxyl groups is 1. The Balaban J connectivity index is 2.60. The largest absolute Gasteiger partial charge is 0.489 e. The average Bonchev–Trinajstić information content (AvgIpc) is 2.22. The number of aliphatic hydroxyl groups excluding tert-OH is 1. The molecular weight excluding hydrogens is 224 g/mol. The van der Waals surface area contributed by atoms with E-state index in [0.29, 0.717) is 5.02 Å². The molecule has 0 aliphatic carbocycles. The van der Waals surface area contributed by atoms with Crippen LogP contribution >= 0.6 is 11.6 Å². The second-order valence-electron chi connectivity index (χ2n) is 4.11. The molecule has 0 unspecified atom stereocenters. The van der Waals surface area contributed by atoms with Gasteiger partial charge in [0.25, 0.3) is 0 Å². The van der Waals surface area contributed by atoms with Gasteiger partial charge in [-0.05, 0) is 50.8 Å². The van der Waals surface area contributed by atoms with Gasteiger partial charge in [0.2, 0.25) is 0 Å². The van der Waals surface area contributed by atoms with Gasteiger partial charge in [0.15, 0.2) is 0 Å². The summed E-state index contributed by atoms with van der Waals surface area (Å²) in [6, 6.07) is 5.88. The summed E-state index contributed by atoms with van der Waals surface area (Å²) in [5.41, 5.74) is 1.19. The van der Waals surface area contributed by atoms with Crippen molar-refractivity contribution in [1.29, 1.82) is 0 Å². The number of unbranched alkanes of at least 4 members (excludes halogenated alkanes) is 1. The lowest BCUT2D eigenvalue weighted by Gasteiger charge is -2.12. The average molecular weight is 243 g/mol. The maximum Gasteiger partial charge on any atom is 0.138 e. The zero-order valence-corrected chi connectivity index (χ0v) is 10.6. The van der Waals surface area contributed by atoms with Crippen molar-refractivity contribution >= 4 is 11.6 Å². The van der Waals surface area contributed by atoms with Crippen LogP contribution in [0.5, 0.6) is 5.75 Å². The van der Waals surface area contributed by atoms with Crippen LogP contribution in [0.15, 0.2) is 18.2 Å². The van der Waals surface area contributed by atoms with E-state index >= 15 is 0 Å². The molecule has 0 saturated heterocycles. The van der Waals surface area contributed by atoms with Crippen molar-refractivity contribution in [1.82, 2.24) is 0 Å².